The van der Waals surface area contributed by atoms with Gasteiger partial charge in [-0.2, -0.15) is 0 Å². The number of carbonyl (C=O) groups excluding carboxylic acids is 1. The maximum atomic E-state index is 12.6. The summed E-state index contributed by atoms with van der Waals surface area (Å²) in [6, 6.07) is 0.642. The highest BCUT2D eigenvalue weighted by Gasteiger charge is 2.25. The Morgan fingerprint density at radius 3 is 2.81 bits per heavy atom. The van der Waals surface area contributed by atoms with Gasteiger partial charge in [-0.05, 0) is 38.5 Å². The summed E-state index contributed by atoms with van der Waals surface area (Å²) < 4.78 is 1.83. The molecular weight excluding hydrogens is 344 g/mol. The fraction of sp³-hybridized carbons (Fsp3) is 0.611. The van der Waals surface area contributed by atoms with Crippen LogP contribution < -0.4 is 16.0 Å². The number of anilines is 1. The first kappa shape index (κ1) is 17.8. The zero-order valence-electron chi connectivity index (χ0n) is 15.4. The van der Waals surface area contributed by atoms with Gasteiger partial charge >= 0.3 is 0 Å². The van der Waals surface area contributed by atoms with E-state index in [0.29, 0.717) is 11.7 Å². The van der Waals surface area contributed by atoms with Gasteiger partial charge in [0, 0.05) is 37.6 Å². The van der Waals surface area contributed by atoms with Crippen molar-refractivity contribution in [2.75, 3.05) is 18.0 Å². The second kappa shape index (κ2) is 7.99. The molecule has 2 fully saturated rings. The molecule has 27 heavy (non-hydrogen) atoms. The second-order valence-corrected chi connectivity index (χ2v) is 7.47. The van der Waals surface area contributed by atoms with Gasteiger partial charge in [-0.25, -0.2) is 9.67 Å². The lowest BCUT2D eigenvalue weighted by Gasteiger charge is -2.33. The van der Waals surface area contributed by atoms with Crippen LogP contribution in [-0.4, -0.2) is 56.0 Å². The molecule has 0 unspecified atom stereocenters. The summed E-state index contributed by atoms with van der Waals surface area (Å²) >= 11 is 0. The molecule has 1 amide bonds. The first-order valence-electron chi connectivity index (χ1n) is 9.68. The summed E-state index contributed by atoms with van der Waals surface area (Å²) in [4.78, 5) is 23.2. The van der Waals surface area contributed by atoms with Crippen molar-refractivity contribution in [2.45, 2.75) is 56.7 Å². The Bertz CT molecular complexity index is 756. The lowest BCUT2D eigenvalue weighted by molar-refractivity contribution is 0.0928. The van der Waals surface area contributed by atoms with Crippen LogP contribution in [0, 0.1) is 0 Å². The van der Waals surface area contributed by atoms with E-state index in [4.69, 9.17) is 5.73 Å². The van der Waals surface area contributed by atoms with Gasteiger partial charge in [0.2, 0.25) is 0 Å². The Morgan fingerprint density at radius 1 is 1.19 bits per heavy atom. The third-order valence-electron chi connectivity index (χ3n) is 5.49. The van der Waals surface area contributed by atoms with Crippen LogP contribution in [0.1, 0.15) is 55.1 Å². The molecule has 3 heterocycles. The van der Waals surface area contributed by atoms with Crippen LogP contribution in [0.15, 0.2) is 24.8 Å². The van der Waals surface area contributed by atoms with E-state index in [1.54, 1.807) is 24.8 Å². The second-order valence-electron chi connectivity index (χ2n) is 7.47. The first-order valence-corrected chi connectivity index (χ1v) is 9.68. The molecule has 9 nitrogen and oxygen atoms in total. The summed E-state index contributed by atoms with van der Waals surface area (Å²) in [6.45, 7) is 1.64. The molecule has 1 aliphatic carbocycles. The quantitative estimate of drug-likeness (QED) is 0.822. The van der Waals surface area contributed by atoms with Crippen molar-refractivity contribution < 1.29 is 4.79 Å². The fourth-order valence-electron chi connectivity index (χ4n) is 3.94. The number of hydrogen-bond donors (Lipinski definition) is 2. The predicted molar refractivity (Wildman–Crippen MR) is 100 cm³/mol. The number of hydrogen-bond acceptors (Lipinski definition) is 7. The molecule has 2 aliphatic rings. The van der Waals surface area contributed by atoms with Gasteiger partial charge in [0.25, 0.3) is 5.91 Å². The lowest BCUT2D eigenvalue weighted by atomic mass is 9.92. The van der Waals surface area contributed by atoms with E-state index in [2.05, 4.69) is 30.5 Å². The normalized spacial score (nSPS) is 26.0. The molecular formula is C18H26N8O. The number of rotatable bonds is 4. The zero-order valence-corrected chi connectivity index (χ0v) is 15.4. The fourth-order valence-corrected chi connectivity index (χ4v) is 3.94. The number of nitrogens with two attached hydrogens (primary N) is 1. The summed E-state index contributed by atoms with van der Waals surface area (Å²) in [6.07, 6.45) is 12.8. The number of piperidine rings is 1. The molecule has 1 aliphatic heterocycles. The maximum Gasteiger partial charge on any atom is 0.273 e. The van der Waals surface area contributed by atoms with E-state index in [-0.39, 0.29) is 18.0 Å². The van der Waals surface area contributed by atoms with Gasteiger partial charge in [0.1, 0.15) is 5.82 Å². The molecule has 2 aromatic rings. The van der Waals surface area contributed by atoms with E-state index in [1.165, 1.54) is 0 Å². The molecule has 1 atom stereocenters. The molecule has 3 N–H and O–H groups in total. The molecule has 0 aromatic carbocycles. The minimum Gasteiger partial charge on any atom is -0.353 e. The third kappa shape index (κ3) is 4.24. The largest absolute Gasteiger partial charge is 0.353 e. The first-order chi connectivity index (χ1) is 13.2. The minimum atomic E-state index is -0.167. The van der Waals surface area contributed by atoms with E-state index in [0.717, 1.165) is 57.4 Å². The van der Waals surface area contributed by atoms with Crippen LogP contribution in [0.4, 0.5) is 5.82 Å². The summed E-state index contributed by atoms with van der Waals surface area (Å²) in [5, 5.41) is 11.4. The van der Waals surface area contributed by atoms with Crippen LogP contribution >= 0.6 is 0 Å². The Labute approximate surface area is 158 Å². The Hall–Kier alpha value is -2.55. The van der Waals surface area contributed by atoms with Gasteiger partial charge in [0.05, 0.1) is 18.4 Å². The standard InChI is InChI=1S/C18H26N8O/c19-13-3-5-15(6-4-13)26-12-16(23-24-26)18(27)22-14-2-1-9-25(11-14)17-10-20-7-8-21-17/h7-8,10,12-15H,1-6,9,11,19H2,(H,22,27)/t13?,14-,15?/m0/s1. The SMILES string of the molecule is NC1CCC(n2cc(C(=O)N[C@H]3CCCN(c4cnccn4)C3)nn2)CC1. The Morgan fingerprint density at radius 2 is 2.04 bits per heavy atom. The van der Waals surface area contributed by atoms with Crippen molar-refractivity contribution in [1.82, 2.24) is 30.3 Å². The molecule has 0 radical (unpaired) electrons. The molecule has 2 aromatic heterocycles. The summed E-state index contributed by atoms with van der Waals surface area (Å²) in [5.41, 5.74) is 6.34. The zero-order chi connectivity index (χ0) is 18.6. The molecule has 1 saturated heterocycles. The van der Waals surface area contributed by atoms with E-state index >= 15 is 0 Å². The Kier molecular flexibility index (Phi) is 5.28. The average molecular weight is 370 g/mol. The maximum absolute atomic E-state index is 12.6. The number of carbonyl (C=O) groups is 1. The van der Waals surface area contributed by atoms with Crippen molar-refractivity contribution in [3.05, 3.63) is 30.5 Å². The van der Waals surface area contributed by atoms with Crippen molar-refractivity contribution in [2.24, 2.45) is 5.73 Å². The number of nitrogens with zero attached hydrogens (tertiary/aromatic N) is 6. The van der Waals surface area contributed by atoms with Gasteiger partial charge in [-0.1, -0.05) is 5.21 Å². The number of nitrogens with one attached hydrogen (secondary N) is 1. The van der Waals surface area contributed by atoms with Crippen molar-refractivity contribution in [3.63, 3.8) is 0 Å². The number of aromatic nitrogens is 5. The lowest BCUT2D eigenvalue weighted by Crippen LogP contribution is -2.48. The van der Waals surface area contributed by atoms with E-state index in [1.807, 2.05) is 4.68 Å². The van der Waals surface area contributed by atoms with E-state index < -0.39 is 0 Å². The molecule has 1 saturated carbocycles. The number of amides is 1. The molecule has 9 heteroatoms. The van der Waals surface area contributed by atoms with E-state index in [9.17, 15) is 4.79 Å². The van der Waals surface area contributed by atoms with Gasteiger partial charge in [0.15, 0.2) is 5.69 Å². The van der Waals surface area contributed by atoms with Crippen LogP contribution in [0.5, 0.6) is 0 Å². The molecule has 0 spiro atoms. The van der Waals surface area contributed by atoms with Crippen LogP contribution in [0.2, 0.25) is 0 Å². The third-order valence-corrected chi connectivity index (χ3v) is 5.49. The van der Waals surface area contributed by atoms with Gasteiger partial charge in [-0.3, -0.25) is 9.78 Å². The highest BCUT2D eigenvalue weighted by molar-refractivity contribution is 5.92. The summed E-state index contributed by atoms with van der Waals surface area (Å²) in [5.74, 6) is 0.678. The van der Waals surface area contributed by atoms with Crippen molar-refractivity contribution in [3.8, 4) is 0 Å². The Balaban J connectivity index is 1.35. The van der Waals surface area contributed by atoms with Crippen LogP contribution in [0.25, 0.3) is 0 Å². The molecule has 4 rings (SSSR count). The van der Waals surface area contributed by atoms with Crippen molar-refractivity contribution in [1.29, 1.82) is 0 Å². The van der Waals surface area contributed by atoms with Crippen LogP contribution in [0.3, 0.4) is 0 Å². The smallest absolute Gasteiger partial charge is 0.273 e. The highest BCUT2D eigenvalue weighted by atomic mass is 16.2. The average Bonchev–Trinajstić information content (AvgIpc) is 3.20. The topological polar surface area (TPSA) is 115 Å². The van der Waals surface area contributed by atoms with Crippen LogP contribution in [-0.2, 0) is 0 Å². The van der Waals surface area contributed by atoms with Crippen molar-refractivity contribution >= 4 is 11.7 Å². The monoisotopic (exact) mass is 370 g/mol. The molecule has 144 valence electrons. The predicted octanol–water partition coefficient (Wildman–Crippen LogP) is 0.909. The molecule has 0 bridgehead atoms. The van der Waals surface area contributed by atoms with Gasteiger partial charge < -0.3 is 16.0 Å². The highest BCUT2D eigenvalue weighted by Crippen LogP contribution is 2.26. The minimum absolute atomic E-state index is 0.0612. The van der Waals surface area contributed by atoms with Gasteiger partial charge in [-0.15, -0.1) is 5.10 Å². The summed E-state index contributed by atoms with van der Waals surface area (Å²) in [7, 11) is 0.